The molecule has 0 bridgehead atoms. The van der Waals surface area contributed by atoms with Gasteiger partial charge in [-0.2, -0.15) is 0 Å². The van der Waals surface area contributed by atoms with Gasteiger partial charge in [-0.15, -0.1) is 0 Å². The third kappa shape index (κ3) is 2.49. The molecule has 3 aliphatic rings. The van der Waals surface area contributed by atoms with Gasteiger partial charge in [0.2, 0.25) is 0 Å². The number of hydrogen-bond donors (Lipinski definition) is 1. The Kier molecular flexibility index (Phi) is 3.24. The van der Waals surface area contributed by atoms with Crippen LogP contribution in [0.3, 0.4) is 0 Å². The van der Waals surface area contributed by atoms with E-state index in [0.717, 1.165) is 19.6 Å². The molecule has 1 atom stereocenters. The first kappa shape index (κ1) is 12.6. The molecule has 3 rings (SSSR count). The van der Waals surface area contributed by atoms with Gasteiger partial charge in [-0.1, -0.05) is 25.3 Å². The van der Waals surface area contributed by atoms with Crippen molar-refractivity contribution in [2.24, 2.45) is 0 Å². The number of piperazine rings is 1. The summed E-state index contributed by atoms with van der Waals surface area (Å²) >= 11 is 0. The average molecular weight is 270 g/mol. The average Bonchev–Trinajstić information content (AvgIpc) is 2.71. The highest BCUT2D eigenvalue weighted by atomic mass is 32.2. The molecule has 2 aliphatic heterocycles. The molecule has 1 saturated heterocycles. The van der Waals surface area contributed by atoms with Crippen LogP contribution in [0.1, 0.15) is 32.1 Å². The van der Waals surface area contributed by atoms with E-state index in [1.54, 1.807) is 0 Å². The molecule has 1 aliphatic carbocycles. The number of nitrogens with zero attached hydrogens (tertiary/aromatic N) is 1. The topological polar surface area (TPSA) is 49.4 Å². The predicted molar refractivity (Wildman–Crippen MR) is 72.1 cm³/mol. The molecule has 4 nitrogen and oxygen atoms in total. The second-order valence-electron chi connectivity index (χ2n) is 5.96. The molecule has 2 fully saturated rings. The molecule has 1 saturated carbocycles. The maximum absolute atomic E-state index is 11.5. The molecule has 18 heavy (non-hydrogen) atoms. The van der Waals surface area contributed by atoms with Crippen molar-refractivity contribution < 1.29 is 8.42 Å². The number of hydrogen-bond acceptors (Lipinski definition) is 4. The lowest BCUT2D eigenvalue weighted by Crippen LogP contribution is -2.63. The van der Waals surface area contributed by atoms with Crippen molar-refractivity contribution in [2.45, 2.75) is 43.7 Å². The minimum Gasteiger partial charge on any atom is -0.309 e. The number of sulfone groups is 1. The van der Waals surface area contributed by atoms with Gasteiger partial charge in [0.15, 0.2) is 9.84 Å². The lowest BCUT2D eigenvalue weighted by molar-refractivity contribution is 0.0873. The third-order valence-electron chi connectivity index (χ3n) is 4.60. The van der Waals surface area contributed by atoms with E-state index in [9.17, 15) is 8.42 Å². The first-order valence-electron chi connectivity index (χ1n) is 6.99. The monoisotopic (exact) mass is 270 g/mol. The lowest BCUT2D eigenvalue weighted by atomic mass is 9.80. The fourth-order valence-corrected chi connectivity index (χ4v) is 4.95. The van der Waals surface area contributed by atoms with Gasteiger partial charge >= 0.3 is 0 Å². The Labute approximate surface area is 109 Å². The van der Waals surface area contributed by atoms with Gasteiger partial charge in [0, 0.05) is 36.6 Å². The van der Waals surface area contributed by atoms with Crippen molar-refractivity contribution >= 4 is 9.84 Å². The molecule has 0 aromatic carbocycles. The molecule has 0 aromatic heterocycles. The van der Waals surface area contributed by atoms with Crippen LogP contribution in [0.5, 0.6) is 0 Å². The van der Waals surface area contributed by atoms with Crippen LogP contribution in [-0.4, -0.2) is 50.3 Å². The van der Waals surface area contributed by atoms with E-state index in [0.29, 0.717) is 0 Å². The van der Waals surface area contributed by atoms with Crippen molar-refractivity contribution in [3.8, 4) is 0 Å². The molecular formula is C13H22N2O2S. The van der Waals surface area contributed by atoms with Crippen LogP contribution < -0.4 is 5.32 Å². The van der Waals surface area contributed by atoms with E-state index >= 15 is 0 Å². The third-order valence-corrected chi connectivity index (χ3v) is 5.97. The van der Waals surface area contributed by atoms with E-state index in [-0.39, 0.29) is 17.3 Å². The normalized spacial score (nSPS) is 35.0. The summed E-state index contributed by atoms with van der Waals surface area (Å²) in [5.41, 5.74) is 0.261. The summed E-state index contributed by atoms with van der Waals surface area (Å²) in [6.45, 7) is 2.97. The first-order valence-corrected chi connectivity index (χ1v) is 8.70. The summed E-state index contributed by atoms with van der Waals surface area (Å²) in [6.07, 6.45) is 8.32. The van der Waals surface area contributed by atoms with Crippen molar-refractivity contribution in [3.63, 3.8) is 0 Å². The zero-order valence-corrected chi connectivity index (χ0v) is 11.6. The van der Waals surface area contributed by atoms with Crippen LogP contribution in [0.2, 0.25) is 0 Å². The van der Waals surface area contributed by atoms with Crippen molar-refractivity contribution in [2.75, 3.05) is 25.4 Å². The fraction of sp³-hybridized carbons (Fsp3) is 0.846. The highest BCUT2D eigenvalue weighted by Crippen LogP contribution is 2.31. The van der Waals surface area contributed by atoms with Gasteiger partial charge in [-0.3, -0.25) is 4.90 Å². The van der Waals surface area contributed by atoms with E-state index in [1.807, 2.05) is 6.08 Å². The van der Waals surface area contributed by atoms with Crippen LogP contribution in [-0.2, 0) is 9.84 Å². The Hall–Kier alpha value is -0.390. The second kappa shape index (κ2) is 4.62. The van der Waals surface area contributed by atoms with E-state index in [4.69, 9.17) is 0 Å². The smallest absolute Gasteiger partial charge is 0.173 e. The van der Waals surface area contributed by atoms with Crippen molar-refractivity contribution in [1.82, 2.24) is 10.2 Å². The van der Waals surface area contributed by atoms with Crippen LogP contribution >= 0.6 is 0 Å². The number of rotatable bonds is 1. The van der Waals surface area contributed by atoms with Crippen LogP contribution in [0.25, 0.3) is 0 Å². The highest BCUT2D eigenvalue weighted by molar-refractivity contribution is 7.94. The van der Waals surface area contributed by atoms with Gasteiger partial charge in [0.1, 0.15) is 0 Å². The Morgan fingerprint density at radius 1 is 1.22 bits per heavy atom. The van der Waals surface area contributed by atoms with Gasteiger partial charge in [0.05, 0.1) is 5.75 Å². The quantitative estimate of drug-likeness (QED) is 0.769. The first-order chi connectivity index (χ1) is 8.59. The molecular weight excluding hydrogens is 248 g/mol. The molecule has 0 amide bonds. The SMILES string of the molecule is O=S1(=O)C=CC(N2CCNC3(CCCCC3)C2)C1. The van der Waals surface area contributed by atoms with Crippen LogP contribution in [0, 0.1) is 0 Å². The van der Waals surface area contributed by atoms with E-state index in [2.05, 4.69) is 10.2 Å². The van der Waals surface area contributed by atoms with Gasteiger partial charge in [-0.05, 0) is 12.8 Å². The van der Waals surface area contributed by atoms with E-state index in [1.165, 1.54) is 37.5 Å². The maximum atomic E-state index is 11.5. The lowest BCUT2D eigenvalue weighted by Gasteiger charge is -2.47. The summed E-state index contributed by atoms with van der Waals surface area (Å²) in [6, 6.07) is 0.107. The van der Waals surface area contributed by atoms with E-state index < -0.39 is 9.84 Å². The van der Waals surface area contributed by atoms with Crippen molar-refractivity contribution in [1.29, 1.82) is 0 Å². The fourth-order valence-electron chi connectivity index (χ4n) is 3.62. The summed E-state index contributed by atoms with van der Waals surface area (Å²) in [5, 5.41) is 5.09. The van der Waals surface area contributed by atoms with Crippen molar-refractivity contribution in [3.05, 3.63) is 11.5 Å². The van der Waals surface area contributed by atoms with Gasteiger partial charge in [0.25, 0.3) is 0 Å². The molecule has 5 heteroatoms. The summed E-state index contributed by atoms with van der Waals surface area (Å²) in [5.74, 6) is 0.281. The zero-order chi connectivity index (χ0) is 12.6. The molecule has 0 radical (unpaired) electrons. The molecule has 2 heterocycles. The Morgan fingerprint density at radius 2 is 2.00 bits per heavy atom. The predicted octanol–water partition coefficient (Wildman–Crippen LogP) is 0.905. The Bertz CT molecular complexity index is 432. The maximum Gasteiger partial charge on any atom is 0.173 e. The summed E-state index contributed by atoms with van der Waals surface area (Å²) in [4.78, 5) is 2.36. The zero-order valence-electron chi connectivity index (χ0n) is 10.8. The van der Waals surface area contributed by atoms with Crippen LogP contribution in [0.15, 0.2) is 11.5 Å². The van der Waals surface area contributed by atoms with Crippen LogP contribution in [0.4, 0.5) is 0 Å². The largest absolute Gasteiger partial charge is 0.309 e. The minimum absolute atomic E-state index is 0.107. The molecule has 1 N–H and O–H groups in total. The highest BCUT2D eigenvalue weighted by Gasteiger charge is 2.39. The minimum atomic E-state index is -2.93. The number of nitrogens with one attached hydrogen (secondary N) is 1. The molecule has 1 spiro atoms. The van der Waals surface area contributed by atoms with Gasteiger partial charge < -0.3 is 5.32 Å². The molecule has 102 valence electrons. The molecule has 1 unspecified atom stereocenters. The van der Waals surface area contributed by atoms with Gasteiger partial charge in [-0.25, -0.2) is 8.42 Å². The Balaban J connectivity index is 1.69. The standard InChI is InChI=1S/C13H22N2O2S/c16-18(17)9-4-12(10-18)15-8-7-14-13(11-15)5-2-1-3-6-13/h4,9,12,14H,1-3,5-8,10-11H2. The summed E-state index contributed by atoms with van der Waals surface area (Å²) < 4.78 is 23.0. The summed E-state index contributed by atoms with van der Waals surface area (Å²) in [7, 11) is -2.93. The molecule has 0 aromatic rings. The second-order valence-corrected chi connectivity index (χ2v) is 7.89. The Morgan fingerprint density at radius 3 is 2.67 bits per heavy atom.